The molecular weight excluding hydrogens is 349 g/mol. The second-order valence-corrected chi connectivity index (χ2v) is 6.69. The first-order chi connectivity index (χ1) is 12.8. The normalized spacial score (nSPS) is 11.7. The van der Waals surface area contributed by atoms with Crippen LogP contribution in [0.4, 0.5) is 4.39 Å². The molecule has 3 aromatic heterocycles. The van der Waals surface area contributed by atoms with Crippen molar-refractivity contribution in [2.45, 2.75) is 33.9 Å². The minimum absolute atomic E-state index is 0.0709. The van der Waals surface area contributed by atoms with Crippen LogP contribution >= 0.6 is 0 Å². The molecule has 0 aliphatic carbocycles. The lowest BCUT2D eigenvalue weighted by molar-refractivity contribution is 0.623. The summed E-state index contributed by atoms with van der Waals surface area (Å²) >= 11 is 0. The average Bonchev–Trinajstić information content (AvgIpc) is 3.14. The molecule has 7 nitrogen and oxygen atoms in total. The number of nitrogens with zero attached hydrogens (tertiary/aromatic N) is 5. The number of halogens is 1. The van der Waals surface area contributed by atoms with Crippen molar-refractivity contribution in [2.75, 3.05) is 0 Å². The Morgan fingerprint density at radius 1 is 1.04 bits per heavy atom. The van der Waals surface area contributed by atoms with Gasteiger partial charge in [-0.15, -0.1) is 0 Å². The number of fused-ring (bicyclic) bond motifs is 3. The summed E-state index contributed by atoms with van der Waals surface area (Å²) in [4.78, 5) is 30.6. The molecule has 0 unspecified atom stereocenters. The van der Waals surface area contributed by atoms with E-state index in [1.54, 1.807) is 19.2 Å². The lowest BCUT2D eigenvalue weighted by atomic mass is 10.2. The Bertz CT molecular complexity index is 1310. The van der Waals surface area contributed by atoms with Crippen LogP contribution in [0.5, 0.6) is 0 Å². The first-order valence-electron chi connectivity index (χ1n) is 8.77. The Labute approximate surface area is 153 Å². The van der Waals surface area contributed by atoms with Crippen LogP contribution in [0.25, 0.3) is 16.9 Å². The van der Waals surface area contributed by atoms with Gasteiger partial charge in [0.1, 0.15) is 5.82 Å². The van der Waals surface area contributed by atoms with E-state index in [0.717, 1.165) is 11.4 Å². The van der Waals surface area contributed by atoms with Crippen LogP contribution in [0, 0.1) is 19.7 Å². The minimum atomic E-state index is -0.449. The number of aryl methyl sites for hydroxylation is 3. The van der Waals surface area contributed by atoms with E-state index in [1.165, 1.54) is 21.3 Å². The summed E-state index contributed by atoms with van der Waals surface area (Å²) in [5, 5.41) is 0. The predicted molar refractivity (Wildman–Crippen MR) is 101 cm³/mol. The molecule has 0 atom stereocenters. The average molecular weight is 369 g/mol. The van der Waals surface area contributed by atoms with Gasteiger partial charge in [-0.05, 0) is 38.5 Å². The number of imidazole rings is 2. The van der Waals surface area contributed by atoms with Gasteiger partial charge >= 0.3 is 5.69 Å². The fourth-order valence-electron chi connectivity index (χ4n) is 3.61. The predicted octanol–water partition coefficient (Wildman–Crippen LogP) is 1.97. The van der Waals surface area contributed by atoms with Crippen molar-refractivity contribution in [3.63, 3.8) is 0 Å². The maximum absolute atomic E-state index is 13.2. The highest BCUT2D eigenvalue weighted by Gasteiger charge is 2.22. The molecule has 0 aliphatic heterocycles. The lowest BCUT2D eigenvalue weighted by Gasteiger charge is -2.08. The molecule has 0 radical (unpaired) electrons. The Balaban J connectivity index is 2.06. The summed E-state index contributed by atoms with van der Waals surface area (Å²) in [6, 6.07) is 5.77. The van der Waals surface area contributed by atoms with E-state index in [-0.39, 0.29) is 12.4 Å². The number of aromatic nitrogens is 5. The highest BCUT2D eigenvalue weighted by molar-refractivity contribution is 5.76. The van der Waals surface area contributed by atoms with Crippen molar-refractivity contribution in [3.8, 4) is 0 Å². The third-order valence-electron chi connectivity index (χ3n) is 5.20. The topological polar surface area (TPSA) is 66.2 Å². The molecule has 0 aliphatic rings. The summed E-state index contributed by atoms with van der Waals surface area (Å²) in [7, 11) is 1.61. The Kier molecular flexibility index (Phi) is 3.80. The van der Waals surface area contributed by atoms with Gasteiger partial charge < -0.3 is 4.57 Å². The quantitative estimate of drug-likeness (QED) is 0.555. The van der Waals surface area contributed by atoms with E-state index in [9.17, 15) is 14.0 Å². The van der Waals surface area contributed by atoms with Gasteiger partial charge in [-0.2, -0.15) is 4.98 Å². The molecule has 0 saturated carbocycles. The van der Waals surface area contributed by atoms with Crippen molar-refractivity contribution in [1.29, 1.82) is 0 Å². The number of benzene rings is 1. The second-order valence-electron chi connectivity index (χ2n) is 6.69. The zero-order valence-corrected chi connectivity index (χ0v) is 15.7. The zero-order valence-electron chi connectivity index (χ0n) is 15.7. The second kappa shape index (κ2) is 5.94. The summed E-state index contributed by atoms with van der Waals surface area (Å²) < 4.78 is 19.6. The molecule has 8 heteroatoms. The fraction of sp³-hybridized carbons (Fsp3) is 0.316. The van der Waals surface area contributed by atoms with Gasteiger partial charge in [0.15, 0.2) is 11.2 Å². The Morgan fingerprint density at radius 3 is 2.33 bits per heavy atom. The van der Waals surface area contributed by atoms with E-state index in [0.29, 0.717) is 29.0 Å². The summed E-state index contributed by atoms with van der Waals surface area (Å²) in [6.07, 6.45) is 0. The van der Waals surface area contributed by atoms with E-state index >= 15 is 0 Å². The molecule has 0 bridgehead atoms. The van der Waals surface area contributed by atoms with E-state index in [1.807, 2.05) is 29.7 Å². The molecule has 0 N–H and O–H groups in total. The fourth-order valence-corrected chi connectivity index (χ4v) is 3.61. The highest BCUT2D eigenvalue weighted by Crippen LogP contribution is 2.20. The molecule has 140 valence electrons. The van der Waals surface area contributed by atoms with Gasteiger partial charge in [-0.1, -0.05) is 12.1 Å². The van der Waals surface area contributed by atoms with E-state index in [4.69, 9.17) is 0 Å². The van der Waals surface area contributed by atoms with Crippen LogP contribution in [0.15, 0.2) is 33.9 Å². The monoisotopic (exact) mass is 369 g/mol. The van der Waals surface area contributed by atoms with Gasteiger partial charge in [0, 0.05) is 25.0 Å². The molecule has 0 spiro atoms. The molecule has 1 aromatic carbocycles. The molecule has 0 amide bonds. The number of hydrogen-bond acceptors (Lipinski definition) is 3. The van der Waals surface area contributed by atoms with Gasteiger partial charge in [0.05, 0.1) is 6.54 Å². The lowest BCUT2D eigenvalue weighted by Crippen LogP contribution is -2.39. The van der Waals surface area contributed by atoms with E-state index < -0.39 is 11.2 Å². The molecule has 3 heterocycles. The summed E-state index contributed by atoms with van der Waals surface area (Å²) in [5.41, 5.74) is 2.51. The minimum Gasteiger partial charge on any atom is -0.314 e. The van der Waals surface area contributed by atoms with Crippen LogP contribution < -0.4 is 11.2 Å². The highest BCUT2D eigenvalue weighted by atomic mass is 19.1. The standard InChI is InChI=1S/C19H20FN5O2/c1-5-23-11(2)12(3)25-15-16(21-18(23)25)22(4)19(27)24(17(15)26)10-13-6-8-14(20)9-7-13/h6-9H,5,10H2,1-4H3. The Morgan fingerprint density at radius 2 is 1.70 bits per heavy atom. The molecule has 4 rings (SSSR count). The van der Waals surface area contributed by atoms with Crippen molar-refractivity contribution >= 4 is 16.9 Å². The third kappa shape index (κ3) is 2.36. The van der Waals surface area contributed by atoms with Crippen LogP contribution in [-0.2, 0) is 20.1 Å². The maximum Gasteiger partial charge on any atom is 0.332 e. The molecule has 4 aromatic rings. The molecule has 27 heavy (non-hydrogen) atoms. The van der Waals surface area contributed by atoms with E-state index in [2.05, 4.69) is 4.98 Å². The van der Waals surface area contributed by atoms with Crippen LogP contribution in [0.2, 0.25) is 0 Å². The molecular formula is C19H20FN5O2. The molecule has 0 saturated heterocycles. The van der Waals surface area contributed by atoms with Crippen LogP contribution in [0.1, 0.15) is 23.9 Å². The zero-order chi connectivity index (χ0) is 19.5. The first-order valence-corrected chi connectivity index (χ1v) is 8.77. The maximum atomic E-state index is 13.2. The number of hydrogen-bond donors (Lipinski definition) is 0. The SMILES string of the molecule is CCn1c(C)c(C)n2c3c(=O)n(Cc4ccc(F)cc4)c(=O)n(C)c3nc12. The largest absolute Gasteiger partial charge is 0.332 e. The van der Waals surface area contributed by atoms with Gasteiger partial charge in [-0.3, -0.25) is 18.3 Å². The van der Waals surface area contributed by atoms with Crippen molar-refractivity contribution in [3.05, 3.63) is 67.9 Å². The van der Waals surface area contributed by atoms with Crippen molar-refractivity contribution in [2.24, 2.45) is 7.05 Å². The third-order valence-corrected chi connectivity index (χ3v) is 5.20. The van der Waals surface area contributed by atoms with Gasteiger partial charge in [0.25, 0.3) is 5.56 Å². The number of rotatable bonds is 3. The van der Waals surface area contributed by atoms with Crippen molar-refractivity contribution < 1.29 is 4.39 Å². The van der Waals surface area contributed by atoms with Crippen molar-refractivity contribution in [1.82, 2.24) is 23.1 Å². The first kappa shape index (κ1) is 17.3. The molecule has 0 fully saturated rings. The summed E-state index contributed by atoms with van der Waals surface area (Å²) in [6.45, 7) is 6.71. The smallest absolute Gasteiger partial charge is 0.314 e. The van der Waals surface area contributed by atoms with Gasteiger partial charge in [0.2, 0.25) is 5.78 Å². The van der Waals surface area contributed by atoms with Crippen LogP contribution in [0.3, 0.4) is 0 Å². The van der Waals surface area contributed by atoms with Crippen LogP contribution in [-0.4, -0.2) is 23.1 Å². The Hall–Kier alpha value is -3.16. The van der Waals surface area contributed by atoms with Gasteiger partial charge in [-0.25, -0.2) is 9.18 Å². The summed E-state index contributed by atoms with van der Waals surface area (Å²) in [5.74, 6) is 0.285.